The molecule has 1 fully saturated rings. The number of nitrogens with one attached hydrogen (secondary N) is 4. The minimum atomic E-state index is -4.52. The van der Waals surface area contributed by atoms with Crippen molar-refractivity contribution in [3.8, 4) is 38.9 Å². The number of alkyl halides is 3. The molecule has 5 heterocycles. The van der Waals surface area contributed by atoms with Crippen molar-refractivity contribution >= 4 is 80.4 Å². The number of carboxylic acid groups (broad SMARTS) is 1. The van der Waals surface area contributed by atoms with Crippen molar-refractivity contribution in [2.45, 2.75) is 90.5 Å². The number of fused-ring (bicyclic) bond motifs is 1. The molecule has 4 aromatic carbocycles. The minimum absolute atomic E-state index is 0.0237. The third-order valence-electron chi connectivity index (χ3n) is 16.7. The van der Waals surface area contributed by atoms with Crippen LogP contribution < -0.4 is 41.2 Å². The number of carbonyl (C=O) groups excluding carboxylic acids is 6. The van der Waals surface area contributed by atoms with Gasteiger partial charge in [-0.15, -0.1) is 11.3 Å². The summed E-state index contributed by atoms with van der Waals surface area (Å²) in [6, 6.07) is 22.1. The number of imide groups is 1. The van der Waals surface area contributed by atoms with Gasteiger partial charge >= 0.3 is 18.2 Å². The van der Waals surface area contributed by atoms with Gasteiger partial charge in [-0.3, -0.25) is 38.5 Å². The third kappa shape index (κ3) is 19.6. The number of urea groups is 1. The zero-order chi connectivity index (χ0) is 70.3. The van der Waals surface area contributed by atoms with Crippen molar-refractivity contribution < 1.29 is 79.7 Å². The number of rotatable bonds is 33. The molecule has 2 aliphatic rings. The van der Waals surface area contributed by atoms with Gasteiger partial charge in [0.1, 0.15) is 66.9 Å². The monoisotopic (exact) mass is 1400 g/mol. The minimum Gasteiger partial charge on any atom is -0.491 e. The molecule has 7 amide bonds. The van der Waals surface area contributed by atoms with Crippen molar-refractivity contribution in [2.75, 3.05) is 78.0 Å². The van der Waals surface area contributed by atoms with Gasteiger partial charge in [0.05, 0.1) is 56.0 Å². The Hall–Kier alpha value is -9.55. The molecule has 3 aromatic heterocycles. The lowest BCUT2D eigenvalue weighted by Crippen LogP contribution is -2.57. The summed E-state index contributed by atoms with van der Waals surface area (Å²) in [7, 11) is 2.19. The molecule has 520 valence electrons. The quantitative estimate of drug-likeness (QED) is 0.00977. The Morgan fingerprint density at radius 2 is 1.58 bits per heavy atom. The van der Waals surface area contributed by atoms with Crippen LogP contribution in [0.4, 0.5) is 28.0 Å². The second-order valence-electron chi connectivity index (χ2n) is 24.3. The number of benzene rings is 4. The number of hydrogen-bond acceptors (Lipinski definition) is 16. The number of carboxylic acids is 1. The molecule has 0 unspecified atom stereocenters. The highest BCUT2D eigenvalue weighted by molar-refractivity contribution is 7.22. The zero-order valence-corrected chi connectivity index (χ0v) is 55.8. The normalized spacial score (nSPS) is 14.9. The Bertz CT molecular complexity index is 4020. The van der Waals surface area contributed by atoms with Crippen LogP contribution in [-0.2, 0) is 59.6 Å². The number of likely N-dealkylation sites (N-methyl/N-ethyl adjacent to an activating group) is 1. The molecule has 7 N–H and O–H groups in total. The summed E-state index contributed by atoms with van der Waals surface area (Å²) in [6.45, 7) is 8.72. The predicted molar refractivity (Wildman–Crippen MR) is 356 cm³/mol. The van der Waals surface area contributed by atoms with Gasteiger partial charge in [-0.1, -0.05) is 74.0 Å². The zero-order valence-electron chi connectivity index (χ0n) is 54.2. The van der Waals surface area contributed by atoms with Gasteiger partial charge < -0.3 is 55.5 Å². The Morgan fingerprint density at radius 3 is 2.28 bits per heavy atom. The molecule has 0 spiro atoms. The number of nitrogens with zero attached hydrogens (tertiary/aromatic N) is 7. The van der Waals surface area contributed by atoms with Crippen molar-refractivity contribution in [1.29, 1.82) is 0 Å². The Kier molecular flexibility index (Phi) is 24.6. The van der Waals surface area contributed by atoms with E-state index in [-0.39, 0.29) is 75.4 Å². The highest BCUT2D eigenvalue weighted by atomic mass is 35.5. The number of quaternary nitrogens is 1. The van der Waals surface area contributed by atoms with Crippen LogP contribution in [0.1, 0.15) is 55.5 Å². The SMILES string of the molecule is Cc1c(-c2c(-c3ccc(F)cc3)sc3ncnc(O[C@H](Cc4ccccc4OCc4ccnn4CC(F)(F)F)C(=O)O)c23)ccc(OCCN2CC[N+](C)(Cc3ccc(NC(=O)[C@H](CCCNC(N)=O)NC(=O)[C@@H](NC(=O)CCOCCN4C(=O)C=CC4=O)C(C)C)cc3)CC2)c1Cl. The molecular formula is C68H76ClF4N12O12S+. The number of ether oxygens (including phenoxy) is 4. The summed E-state index contributed by atoms with van der Waals surface area (Å²) in [4.78, 5) is 102. The first kappa shape index (κ1) is 72.7. The molecule has 98 heavy (non-hydrogen) atoms. The lowest BCUT2D eigenvalue weighted by atomic mass is 9.96. The Morgan fingerprint density at radius 1 is 0.857 bits per heavy atom. The van der Waals surface area contributed by atoms with E-state index in [4.69, 9.17) is 36.3 Å². The number of piperazine rings is 1. The van der Waals surface area contributed by atoms with Gasteiger partial charge in [0.15, 0.2) is 0 Å². The van der Waals surface area contributed by atoms with E-state index in [0.717, 1.165) is 45.8 Å². The maximum Gasteiger partial charge on any atom is 0.408 e. The number of primary amides is 1. The highest BCUT2D eigenvalue weighted by Crippen LogP contribution is 2.49. The van der Waals surface area contributed by atoms with Crippen LogP contribution in [0, 0.1) is 18.7 Å². The number of carbonyl (C=O) groups is 7. The molecule has 0 radical (unpaired) electrons. The van der Waals surface area contributed by atoms with Gasteiger partial charge in [0, 0.05) is 79.1 Å². The Labute approximate surface area is 571 Å². The lowest BCUT2D eigenvalue weighted by Gasteiger charge is -2.42. The number of aromatic nitrogens is 4. The number of nitrogens with two attached hydrogens (primary N) is 1. The fourth-order valence-electron chi connectivity index (χ4n) is 11.3. The smallest absolute Gasteiger partial charge is 0.408 e. The van der Waals surface area contributed by atoms with Crippen LogP contribution in [0.3, 0.4) is 0 Å². The van der Waals surface area contributed by atoms with E-state index in [9.17, 15) is 56.2 Å². The lowest BCUT2D eigenvalue weighted by molar-refractivity contribution is -0.926. The first-order valence-corrected chi connectivity index (χ1v) is 32.8. The van der Waals surface area contributed by atoms with Gasteiger partial charge in [-0.2, -0.15) is 18.3 Å². The summed E-state index contributed by atoms with van der Waals surface area (Å²) in [5, 5.41) is 26.0. The molecule has 3 atom stereocenters. The highest BCUT2D eigenvalue weighted by Gasteiger charge is 2.34. The van der Waals surface area contributed by atoms with Gasteiger partial charge in [0.25, 0.3) is 11.8 Å². The second kappa shape index (κ2) is 33.1. The third-order valence-corrected chi connectivity index (χ3v) is 18.3. The van der Waals surface area contributed by atoms with Crippen molar-refractivity contribution in [1.82, 2.24) is 45.5 Å². The summed E-state index contributed by atoms with van der Waals surface area (Å²) in [5.74, 6) is -4.03. The van der Waals surface area contributed by atoms with Crippen molar-refractivity contribution in [3.63, 3.8) is 0 Å². The molecule has 30 heteroatoms. The number of anilines is 1. The summed E-state index contributed by atoms with van der Waals surface area (Å²) in [5.41, 5.74) is 9.77. The van der Waals surface area contributed by atoms with Gasteiger partial charge in [-0.05, 0) is 90.4 Å². The Balaban J connectivity index is 0.796. The second-order valence-corrected chi connectivity index (χ2v) is 25.6. The maximum absolute atomic E-state index is 14.4. The van der Waals surface area contributed by atoms with Crippen molar-refractivity contribution in [3.05, 3.63) is 149 Å². The number of amides is 7. The molecule has 9 rings (SSSR count). The molecule has 0 saturated carbocycles. The van der Waals surface area contributed by atoms with E-state index < -0.39 is 78.3 Å². The number of thiophene rings is 1. The van der Waals surface area contributed by atoms with Gasteiger partial charge in [0.2, 0.25) is 29.7 Å². The first-order chi connectivity index (χ1) is 46.8. The van der Waals surface area contributed by atoms with E-state index in [1.54, 1.807) is 68.4 Å². The van der Waals surface area contributed by atoms with Crippen LogP contribution in [0.2, 0.25) is 5.02 Å². The van der Waals surface area contributed by atoms with E-state index in [2.05, 4.69) is 48.3 Å². The topological polar surface area (TPSA) is 301 Å². The molecule has 1 saturated heterocycles. The van der Waals surface area contributed by atoms with Crippen LogP contribution in [-0.4, -0.2) is 178 Å². The number of para-hydroxylation sites is 1. The summed E-state index contributed by atoms with van der Waals surface area (Å²) in [6.07, 6.45) is -1.16. The molecular weight excluding hydrogens is 1320 g/mol. The fourth-order valence-corrected chi connectivity index (χ4v) is 12.7. The molecule has 0 aliphatic carbocycles. The molecule has 24 nitrogen and oxygen atoms in total. The molecule has 7 aromatic rings. The fraction of sp³-hybridized carbons (Fsp3) is 0.382. The number of aliphatic carboxylic acids is 1. The van der Waals surface area contributed by atoms with Crippen LogP contribution in [0.15, 0.2) is 116 Å². The first-order valence-electron chi connectivity index (χ1n) is 31.6. The standard InChI is InChI=1S/C68H75ClF4N12O12S/c1-41(2)60(81-54(86)24-33-94-34-30-83-55(87)21-22-56(83)88)63(90)80-50(9-7-25-75-67(74)93)62(89)79-47-17-11-43(12-18-47)37-85(4)31-27-82(28-32-85)29-35-95-52-20-19-49(42(3)59(52)69)57-58-64(76-40-77-65(58)98-61(57)44-13-15-46(70)16-14-44)97-53(66(91)92)36-45-8-5-6-10-51(45)96-38-48-23-26-78-84(48)39-68(71,72)73/h5-6,8,10-23,26,40-41,50,53,60H,7,9,24-25,27-39H2,1-4H3,(H6-,74,75,79,80,81,86,89,90,91,92,93)/p+1/t50-,53+,60-/m0/s1. The number of halogens is 5. The average Bonchev–Trinajstić information content (AvgIpc) is 1.57. The van der Waals surface area contributed by atoms with Crippen LogP contribution in [0.5, 0.6) is 17.4 Å². The van der Waals surface area contributed by atoms with E-state index >= 15 is 0 Å². The summed E-state index contributed by atoms with van der Waals surface area (Å²) < 4.78 is 79.8. The summed E-state index contributed by atoms with van der Waals surface area (Å²) >= 11 is 8.45. The van der Waals surface area contributed by atoms with E-state index in [0.29, 0.717) is 85.5 Å². The largest absolute Gasteiger partial charge is 0.491 e. The van der Waals surface area contributed by atoms with Crippen LogP contribution in [0.25, 0.3) is 31.8 Å². The predicted octanol–water partition coefficient (Wildman–Crippen LogP) is 8.22. The van der Waals surface area contributed by atoms with E-state index in [1.807, 2.05) is 25.1 Å². The molecule has 0 bridgehead atoms. The maximum atomic E-state index is 14.4. The van der Waals surface area contributed by atoms with Crippen LogP contribution >= 0.6 is 22.9 Å². The van der Waals surface area contributed by atoms with Gasteiger partial charge in [-0.25, -0.2) is 23.9 Å². The van der Waals surface area contributed by atoms with Crippen molar-refractivity contribution in [2.24, 2.45) is 11.7 Å². The average molecular weight is 1400 g/mol. The number of hydrogen-bond donors (Lipinski definition) is 6. The van der Waals surface area contributed by atoms with E-state index in [1.165, 1.54) is 54.2 Å². The molecule has 2 aliphatic heterocycles.